The number of anilines is 2. The second-order valence-corrected chi connectivity index (χ2v) is 3.35. The Hall–Kier alpha value is -1.71. The molecule has 0 aliphatic heterocycles. The van der Waals surface area contributed by atoms with Crippen LogP contribution in [0.3, 0.4) is 0 Å². The van der Waals surface area contributed by atoms with E-state index in [1.807, 2.05) is 5.43 Å². The number of halogens is 5. The first kappa shape index (κ1) is 14.4. The lowest BCUT2D eigenvalue weighted by molar-refractivity contribution is -0.144. The molecule has 1 aromatic rings. The molecule has 0 fully saturated rings. The van der Waals surface area contributed by atoms with Crippen molar-refractivity contribution in [3.63, 3.8) is 0 Å². The molecule has 0 atom stereocenters. The first-order valence-corrected chi connectivity index (χ1v) is 4.66. The van der Waals surface area contributed by atoms with Crippen molar-refractivity contribution in [1.29, 1.82) is 0 Å². The van der Waals surface area contributed by atoms with Crippen LogP contribution in [0.2, 0.25) is 0 Å². The van der Waals surface area contributed by atoms with Crippen molar-refractivity contribution in [2.24, 2.45) is 5.84 Å². The summed E-state index contributed by atoms with van der Waals surface area (Å²) >= 11 is 0. The van der Waals surface area contributed by atoms with Gasteiger partial charge in [0.2, 0.25) is 5.82 Å². The number of nitrogens with zero attached hydrogens (tertiary/aromatic N) is 3. The summed E-state index contributed by atoms with van der Waals surface area (Å²) in [6.45, 7) is -0.752. The van der Waals surface area contributed by atoms with Gasteiger partial charge < -0.3 is 10.3 Å². The van der Waals surface area contributed by atoms with Gasteiger partial charge in [0, 0.05) is 13.1 Å². The molecule has 1 rings (SSSR count). The summed E-state index contributed by atoms with van der Waals surface area (Å²) in [6, 6.07) is 1.04. The number of hydrogen-bond donors (Lipinski definition) is 2. The summed E-state index contributed by atoms with van der Waals surface area (Å²) in [4.78, 5) is 7.14. The highest BCUT2D eigenvalue weighted by atomic mass is 19.4. The minimum atomic E-state index is -4.78. The average molecular weight is 271 g/mol. The van der Waals surface area contributed by atoms with E-state index in [-0.39, 0.29) is 11.6 Å². The van der Waals surface area contributed by atoms with Crippen LogP contribution < -0.4 is 16.2 Å². The van der Waals surface area contributed by atoms with Crippen LogP contribution in [0.15, 0.2) is 6.07 Å². The van der Waals surface area contributed by atoms with Crippen molar-refractivity contribution in [2.75, 3.05) is 23.9 Å². The normalized spacial score (nSPS) is 11.8. The molecule has 3 N–H and O–H groups in total. The minimum Gasteiger partial charge on any atom is -0.354 e. The van der Waals surface area contributed by atoms with Crippen LogP contribution in [0.1, 0.15) is 5.82 Å². The fourth-order valence-electron chi connectivity index (χ4n) is 1.13. The SMILES string of the molecule is CN(CC(F)F)c1cc(NN)nc(C(F)(F)F)n1. The molecule has 0 aliphatic carbocycles. The Kier molecular flexibility index (Phi) is 4.22. The van der Waals surface area contributed by atoms with Crippen LogP contribution in [0, 0.1) is 0 Å². The van der Waals surface area contributed by atoms with E-state index >= 15 is 0 Å². The van der Waals surface area contributed by atoms with Crippen molar-refractivity contribution < 1.29 is 22.0 Å². The standard InChI is InChI=1S/C8H10F5N5/c1-18(3-4(9)10)6-2-5(17-14)15-7(16-6)8(11,12)13/h2,4H,3,14H2,1H3,(H,15,16,17). The van der Waals surface area contributed by atoms with Gasteiger partial charge in [-0.05, 0) is 0 Å². The second kappa shape index (κ2) is 5.29. The Morgan fingerprint density at radius 1 is 1.39 bits per heavy atom. The Morgan fingerprint density at radius 2 is 2.00 bits per heavy atom. The largest absolute Gasteiger partial charge is 0.451 e. The number of nitrogens with one attached hydrogen (secondary N) is 1. The van der Waals surface area contributed by atoms with Gasteiger partial charge in [-0.1, -0.05) is 0 Å². The third kappa shape index (κ3) is 3.65. The molecule has 0 saturated carbocycles. The molecule has 0 bridgehead atoms. The highest BCUT2D eigenvalue weighted by Gasteiger charge is 2.35. The summed E-state index contributed by atoms with van der Waals surface area (Å²) in [5, 5.41) is 0. The van der Waals surface area contributed by atoms with Gasteiger partial charge in [-0.3, -0.25) is 0 Å². The van der Waals surface area contributed by atoms with Crippen LogP contribution in [0.4, 0.5) is 33.6 Å². The number of nitrogens with two attached hydrogens (primary N) is 1. The Bertz CT molecular complexity index is 407. The lowest BCUT2D eigenvalue weighted by Gasteiger charge is -2.19. The molecular formula is C8H10F5N5. The van der Waals surface area contributed by atoms with Crippen LogP contribution in [0.5, 0.6) is 0 Å². The van der Waals surface area contributed by atoms with Crippen molar-refractivity contribution in [1.82, 2.24) is 9.97 Å². The van der Waals surface area contributed by atoms with Crippen LogP contribution in [-0.4, -0.2) is 30.0 Å². The maximum absolute atomic E-state index is 12.4. The summed E-state index contributed by atoms with van der Waals surface area (Å²) in [5.41, 5.74) is 1.92. The monoisotopic (exact) mass is 271 g/mol. The minimum absolute atomic E-state index is 0.300. The highest BCUT2D eigenvalue weighted by Crippen LogP contribution is 2.28. The zero-order valence-corrected chi connectivity index (χ0v) is 9.17. The average Bonchev–Trinajstić information content (AvgIpc) is 2.26. The zero-order chi connectivity index (χ0) is 13.9. The van der Waals surface area contributed by atoms with E-state index in [1.165, 1.54) is 7.05 Å². The van der Waals surface area contributed by atoms with E-state index in [1.54, 1.807) is 0 Å². The van der Waals surface area contributed by atoms with E-state index in [9.17, 15) is 22.0 Å². The van der Waals surface area contributed by atoms with Gasteiger partial charge in [0.15, 0.2) is 0 Å². The highest BCUT2D eigenvalue weighted by molar-refractivity contribution is 5.48. The van der Waals surface area contributed by atoms with Gasteiger partial charge in [-0.15, -0.1) is 0 Å². The summed E-state index contributed by atoms with van der Waals surface area (Å²) in [6.07, 6.45) is -7.48. The molecule has 0 saturated heterocycles. The molecule has 10 heteroatoms. The number of hydrogen-bond acceptors (Lipinski definition) is 5. The fraction of sp³-hybridized carbons (Fsp3) is 0.500. The molecule has 0 aromatic carbocycles. The number of nitrogen functional groups attached to an aromatic ring is 1. The maximum atomic E-state index is 12.4. The van der Waals surface area contributed by atoms with Crippen molar-refractivity contribution in [3.05, 3.63) is 11.9 Å². The van der Waals surface area contributed by atoms with Crippen LogP contribution >= 0.6 is 0 Å². The molecule has 0 unspecified atom stereocenters. The predicted octanol–water partition coefficient (Wildman–Crippen LogP) is 1.48. The summed E-state index contributed by atoms with van der Waals surface area (Å²) in [5.74, 6) is 2.90. The molecule has 5 nitrogen and oxygen atoms in total. The van der Waals surface area contributed by atoms with E-state index in [0.29, 0.717) is 0 Å². The fourth-order valence-corrected chi connectivity index (χ4v) is 1.13. The molecule has 0 amide bonds. The van der Waals surface area contributed by atoms with Gasteiger partial charge in [0.1, 0.15) is 11.6 Å². The summed E-state index contributed by atoms with van der Waals surface area (Å²) < 4.78 is 61.6. The van der Waals surface area contributed by atoms with Gasteiger partial charge in [0.25, 0.3) is 6.43 Å². The van der Waals surface area contributed by atoms with Crippen LogP contribution in [-0.2, 0) is 6.18 Å². The van der Waals surface area contributed by atoms with Crippen molar-refractivity contribution >= 4 is 11.6 Å². The van der Waals surface area contributed by atoms with E-state index < -0.39 is 25.0 Å². The Balaban J connectivity index is 3.12. The molecule has 1 heterocycles. The lowest BCUT2D eigenvalue weighted by Crippen LogP contribution is -2.27. The third-order valence-corrected chi connectivity index (χ3v) is 1.92. The molecule has 0 radical (unpaired) electrons. The summed E-state index contributed by atoms with van der Waals surface area (Å²) in [7, 11) is 1.19. The zero-order valence-electron chi connectivity index (χ0n) is 9.17. The Labute approximate surface area is 98.8 Å². The van der Waals surface area contributed by atoms with E-state index in [4.69, 9.17) is 5.84 Å². The van der Waals surface area contributed by atoms with Crippen molar-refractivity contribution in [3.8, 4) is 0 Å². The number of hydrazine groups is 1. The number of aromatic nitrogens is 2. The molecule has 0 aliphatic rings. The quantitative estimate of drug-likeness (QED) is 0.493. The van der Waals surface area contributed by atoms with Gasteiger partial charge in [-0.2, -0.15) is 13.2 Å². The lowest BCUT2D eigenvalue weighted by atomic mass is 10.4. The van der Waals surface area contributed by atoms with E-state index in [2.05, 4.69) is 9.97 Å². The molecule has 0 spiro atoms. The topological polar surface area (TPSA) is 67.1 Å². The predicted molar refractivity (Wildman–Crippen MR) is 54.1 cm³/mol. The maximum Gasteiger partial charge on any atom is 0.451 e. The van der Waals surface area contributed by atoms with Gasteiger partial charge in [-0.25, -0.2) is 24.6 Å². The molecule has 18 heavy (non-hydrogen) atoms. The van der Waals surface area contributed by atoms with Crippen molar-refractivity contribution in [2.45, 2.75) is 12.6 Å². The molecule has 1 aromatic heterocycles. The number of rotatable bonds is 4. The Morgan fingerprint density at radius 3 is 2.44 bits per heavy atom. The van der Waals surface area contributed by atoms with E-state index in [0.717, 1.165) is 11.0 Å². The number of alkyl halides is 5. The second-order valence-electron chi connectivity index (χ2n) is 3.35. The third-order valence-electron chi connectivity index (χ3n) is 1.92. The molecule has 102 valence electrons. The molecular weight excluding hydrogens is 261 g/mol. The first-order chi connectivity index (χ1) is 8.24. The van der Waals surface area contributed by atoms with Gasteiger partial charge in [0.05, 0.1) is 6.54 Å². The smallest absolute Gasteiger partial charge is 0.354 e. The van der Waals surface area contributed by atoms with Gasteiger partial charge >= 0.3 is 6.18 Å². The van der Waals surface area contributed by atoms with Crippen LogP contribution in [0.25, 0.3) is 0 Å². The first-order valence-electron chi connectivity index (χ1n) is 4.66.